The molecule has 0 aromatic rings. The first-order valence-electron chi connectivity index (χ1n) is 7.15. The van der Waals surface area contributed by atoms with Crippen molar-refractivity contribution in [3.05, 3.63) is 0 Å². The molecule has 0 bridgehead atoms. The lowest BCUT2D eigenvalue weighted by Crippen LogP contribution is -2.48. The first-order chi connectivity index (χ1) is 9.25. The van der Waals surface area contributed by atoms with Crippen molar-refractivity contribution in [1.82, 2.24) is 15.5 Å². The smallest absolute Gasteiger partial charge is 0.221 e. The molecule has 1 amide bonds. The molecule has 2 N–H and O–H groups in total. The van der Waals surface area contributed by atoms with Gasteiger partial charge in [0.25, 0.3) is 0 Å². The molecular weight excluding hydrogens is 317 g/mol. The number of halogens is 2. The Morgan fingerprint density at radius 2 is 2.05 bits per heavy atom. The van der Waals surface area contributed by atoms with Gasteiger partial charge in [0.2, 0.25) is 5.91 Å². The Labute approximate surface area is 139 Å². The Kier molecular flexibility index (Phi) is 11.4. The number of rotatable bonds is 5. The van der Waals surface area contributed by atoms with Gasteiger partial charge in [-0.2, -0.15) is 0 Å². The summed E-state index contributed by atoms with van der Waals surface area (Å²) in [7, 11) is 0. The van der Waals surface area contributed by atoms with E-state index in [1.165, 1.54) is 0 Å². The summed E-state index contributed by atoms with van der Waals surface area (Å²) < 4.78 is 10.7. The van der Waals surface area contributed by atoms with Crippen LogP contribution in [-0.2, 0) is 14.3 Å². The molecule has 2 unspecified atom stereocenters. The van der Waals surface area contributed by atoms with E-state index in [0.29, 0.717) is 25.6 Å². The van der Waals surface area contributed by atoms with Gasteiger partial charge in [-0.3, -0.25) is 9.69 Å². The Hall–Kier alpha value is -0.110. The molecular formula is C13H27Cl2N3O3. The van der Waals surface area contributed by atoms with Gasteiger partial charge in [0.05, 0.1) is 26.4 Å². The van der Waals surface area contributed by atoms with Crippen LogP contribution in [0.4, 0.5) is 0 Å². The standard InChI is InChI=1S/C13H25N3O3.2ClH/c1-11-9-19-7-5-16(11)4-2-15-13(17)8-12-10-18-6-3-14-12;;/h11-12,14H,2-10H2,1H3,(H,15,17);2*1H. The summed E-state index contributed by atoms with van der Waals surface area (Å²) in [4.78, 5) is 14.1. The molecule has 0 radical (unpaired) electrons. The molecule has 2 heterocycles. The second-order valence-electron chi connectivity index (χ2n) is 5.24. The van der Waals surface area contributed by atoms with Crippen LogP contribution in [0.1, 0.15) is 13.3 Å². The van der Waals surface area contributed by atoms with Crippen molar-refractivity contribution in [2.24, 2.45) is 0 Å². The third-order valence-electron chi connectivity index (χ3n) is 3.66. The third-order valence-corrected chi connectivity index (χ3v) is 3.66. The van der Waals surface area contributed by atoms with Gasteiger partial charge in [0.15, 0.2) is 0 Å². The highest BCUT2D eigenvalue weighted by Gasteiger charge is 2.19. The lowest BCUT2D eigenvalue weighted by atomic mass is 10.2. The van der Waals surface area contributed by atoms with Gasteiger partial charge in [-0.15, -0.1) is 24.8 Å². The van der Waals surface area contributed by atoms with E-state index >= 15 is 0 Å². The molecule has 2 rings (SSSR count). The Bertz CT molecular complexity index is 292. The van der Waals surface area contributed by atoms with Crippen LogP contribution in [0.2, 0.25) is 0 Å². The average Bonchev–Trinajstić information content (AvgIpc) is 2.42. The fourth-order valence-corrected chi connectivity index (χ4v) is 2.48. The van der Waals surface area contributed by atoms with Crippen LogP contribution in [0.25, 0.3) is 0 Å². The van der Waals surface area contributed by atoms with Gasteiger partial charge in [-0.25, -0.2) is 0 Å². The van der Waals surface area contributed by atoms with Gasteiger partial charge in [-0.05, 0) is 6.92 Å². The highest BCUT2D eigenvalue weighted by molar-refractivity contribution is 5.85. The normalized spacial score (nSPS) is 26.3. The predicted octanol–water partition coefficient (Wildman–Crippen LogP) is 0.0454. The Morgan fingerprint density at radius 1 is 1.29 bits per heavy atom. The van der Waals surface area contributed by atoms with Gasteiger partial charge in [0, 0.05) is 44.7 Å². The Balaban J connectivity index is 0.00000200. The summed E-state index contributed by atoms with van der Waals surface area (Å²) in [5.74, 6) is 0.101. The molecule has 8 heteroatoms. The fourth-order valence-electron chi connectivity index (χ4n) is 2.48. The van der Waals surface area contributed by atoms with E-state index in [0.717, 1.165) is 39.5 Å². The van der Waals surface area contributed by atoms with Gasteiger partial charge >= 0.3 is 0 Å². The quantitative estimate of drug-likeness (QED) is 0.738. The maximum Gasteiger partial charge on any atom is 0.221 e. The van der Waals surface area contributed by atoms with E-state index in [1.807, 2.05) is 0 Å². The van der Waals surface area contributed by atoms with Gasteiger partial charge in [0.1, 0.15) is 0 Å². The van der Waals surface area contributed by atoms with Crippen LogP contribution >= 0.6 is 24.8 Å². The molecule has 126 valence electrons. The van der Waals surface area contributed by atoms with Crippen molar-refractivity contribution < 1.29 is 14.3 Å². The monoisotopic (exact) mass is 343 g/mol. The lowest BCUT2D eigenvalue weighted by molar-refractivity contribution is -0.122. The second-order valence-corrected chi connectivity index (χ2v) is 5.24. The van der Waals surface area contributed by atoms with Gasteiger partial charge in [-0.1, -0.05) is 0 Å². The molecule has 2 atom stereocenters. The first kappa shape index (κ1) is 20.9. The molecule has 0 saturated carbocycles. The van der Waals surface area contributed by atoms with Crippen LogP contribution in [0.5, 0.6) is 0 Å². The summed E-state index contributed by atoms with van der Waals surface area (Å²) in [6, 6.07) is 0.607. The minimum atomic E-state index is 0. The number of carbonyl (C=O) groups excluding carboxylic acids is 1. The maximum atomic E-state index is 11.8. The van der Waals surface area contributed by atoms with Crippen LogP contribution in [0.3, 0.4) is 0 Å². The number of nitrogens with zero attached hydrogens (tertiary/aromatic N) is 1. The molecule has 2 aliphatic rings. The number of hydrogen-bond donors (Lipinski definition) is 2. The molecule has 2 saturated heterocycles. The molecule has 21 heavy (non-hydrogen) atoms. The SMILES string of the molecule is CC1COCCN1CCNC(=O)CC1COCCN1.Cl.Cl. The summed E-state index contributed by atoms with van der Waals surface area (Å²) in [5.41, 5.74) is 0. The summed E-state index contributed by atoms with van der Waals surface area (Å²) >= 11 is 0. The zero-order valence-electron chi connectivity index (χ0n) is 12.5. The first-order valence-corrected chi connectivity index (χ1v) is 7.15. The van der Waals surface area contributed by atoms with Crippen molar-refractivity contribution in [2.45, 2.75) is 25.4 Å². The number of amides is 1. The van der Waals surface area contributed by atoms with Crippen molar-refractivity contribution in [1.29, 1.82) is 0 Å². The molecule has 0 aromatic heterocycles. The van der Waals surface area contributed by atoms with Gasteiger partial charge < -0.3 is 20.1 Å². The number of carbonyl (C=O) groups is 1. The minimum absolute atomic E-state index is 0. The van der Waals surface area contributed by atoms with Crippen molar-refractivity contribution in [2.75, 3.05) is 52.6 Å². The largest absolute Gasteiger partial charge is 0.379 e. The van der Waals surface area contributed by atoms with E-state index in [1.54, 1.807) is 0 Å². The van der Waals surface area contributed by atoms with Crippen LogP contribution < -0.4 is 10.6 Å². The maximum absolute atomic E-state index is 11.8. The van der Waals surface area contributed by atoms with E-state index in [4.69, 9.17) is 9.47 Å². The zero-order chi connectivity index (χ0) is 13.5. The number of morpholine rings is 2. The molecule has 6 nitrogen and oxygen atoms in total. The Morgan fingerprint density at radius 3 is 2.71 bits per heavy atom. The van der Waals surface area contributed by atoms with E-state index in [-0.39, 0.29) is 36.8 Å². The lowest BCUT2D eigenvalue weighted by Gasteiger charge is -2.33. The molecule has 0 aliphatic carbocycles. The van der Waals surface area contributed by atoms with Crippen molar-refractivity contribution in [3.63, 3.8) is 0 Å². The summed E-state index contributed by atoms with van der Waals surface area (Å²) in [5, 5.41) is 6.26. The van der Waals surface area contributed by atoms with E-state index < -0.39 is 0 Å². The van der Waals surface area contributed by atoms with Crippen LogP contribution in [0, 0.1) is 0 Å². The fraction of sp³-hybridized carbons (Fsp3) is 0.923. The van der Waals surface area contributed by atoms with Crippen LogP contribution in [0.15, 0.2) is 0 Å². The summed E-state index contributed by atoms with van der Waals surface area (Å²) in [6.45, 7) is 8.50. The minimum Gasteiger partial charge on any atom is -0.379 e. The van der Waals surface area contributed by atoms with Crippen molar-refractivity contribution >= 4 is 30.7 Å². The topological polar surface area (TPSA) is 62.8 Å². The van der Waals surface area contributed by atoms with Crippen molar-refractivity contribution in [3.8, 4) is 0 Å². The number of hydrogen-bond acceptors (Lipinski definition) is 5. The highest BCUT2D eigenvalue weighted by Crippen LogP contribution is 2.04. The zero-order valence-corrected chi connectivity index (χ0v) is 14.1. The molecule has 0 spiro atoms. The van der Waals surface area contributed by atoms with E-state index in [9.17, 15) is 4.79 Å². The molecule has 2 aliphatic heterocycles. The summed E-state index contributed by atoms with van der Waals surface area (Å²) in [6.07, 6.45) is 0.499. The highest BCUT2D eigenvalue weighted by atomic mass is 35.5. The average molecular weight is 344 g/mol. The predicted molar refractivity (Wildman–Crippen MR) is 86.6 cm³/mol. The molecule has 0 aromatic carbocycles. The number of nitrogens with one attached hydrogen (secondary N) is 2. The third kappa shape index (κ3) is 7.63. The number of ether oxygens (including phenoxy) is 2. The molecule has 2 fully saturated rings. The van der Waals surface area contributed by atoms with Crippen LogP contribution in [-0.4, -0.2) is 75.5 Å². The second kappa shape index (κ2) is 11.5. The van der Waals surface area contributed by atoms with E-state index in [2.05, 4.69) is 22.5 Å².